The fraction of sp³-hybridized carbons (Fsp3) is 0.190. The van der Waals surface area contributed by atoms with Gasteiger partial charge in [0, 0.05) is 29.9 Å². The van der Waals surface area contributed by atoms with Gasteiger partial charge in [-0.2, -0.15) is 0 Å². The Bertz CT molecular complexity index is 1050. The SMILES string of the molecule is CC(=O)Nc1ccc(C=CC(=O)Nc2ccc(-c3nnnn3C3CC3)cc2)cc1. The van der Waals surface area contributed by atoms with Gasteiger partial charge in [-0.3, -0.25) is 9.59 Å². The first kappa shape index (κ1) is 18.5. The van der Waals surface area contributed by atoms with Gasteiger partial charge in [-0.1, -0.05) is 12.1 Å². The third-order valence-corrected chi connectivity index (χ3v) is 4.45. The van der Waals surface area contributed by atoms with Gasteiger partial charge < -0.3 is 10.6 Å². The molecule has 1 aliphatic carbocycles. The number of tetrazole rings is 1. The molecule has 0 spiro atoms. The van der Waals surface area contributed by atoms with Crippen molar-refractivity contribution in [2.45, 2.75) is 25.8 Å². The number of aromatic nitrogens is 4. The molecule has 0 atom stereocenters. The summed E-state index contributed by atoms with van der Waals surface area (Å²) in [6.07, 6.45) is 5.39. The fourth-order valence-corrected chi connectivity index (χ4v) is 2.89. The van der Waals surface area contributed by atoms with E-state index in [4.69, 9.17) is 0 Å². The Morgan fingerprint density at radius 2 is 1.66 bits per heavy atom. The van der Waals surface area contributed by atoms with Crippen molar-refractivity contribution in [2.75, 3.05) is 10.6 Å². The molecule has 1 heterocycles. The van der Waals surface area contributed by atoms with Gasteiger partial charge in [-0.15, -0.1) is 5.10 Å². The van der Waals surface area contributed by atoms with E-state index in [0.29, 0.717) is 17.4 Å². The van der Waals surface area contributed by atoms with E-state index in [1.54, 1.807) is 18.2 Å². The summed E-state index contributed by atoms with van der Waals surface area (Å²) >= 11 is 0. The largest absolute Gasteiger partial charge is 0.326 e. The van der Waals surface area contributed by atoms with Crippen molar-refractivity contribution >= 4 is 29.3 Å². The molecule has 29 heavy (non-hydrogen) atoms. The molecule has 4 rings (SSSR count). The highest BCUT2D eigenvalue weighted by Gasteiger charge is 2.28. The summed E-state index contributed by atoms with van der Waals surface area (Å²) in [6, 6.07) is 15.1. The van der Waals surface area contributed by atoms with E-state index in [9.17, 15) is 9.59 Å². The lowest BCUT2D eigenvalue weighted by Crippen LogP contribution is -2.07. The van der Waals surface area contributed by atoms with Crippen LogP contribution in [0.5, 0.6) is 0 Å². The zero-order valence-corrected chi connectivity index (χ0v) is 15.9. The summed E-state index contributed by atoms with van der Waals surface area (Å²) in [7, 11) is 0. The molecule has 1 aromatic heterocycles. The molecule has 0 saturated heterocycles. The Kier molecular flexibility index (Phi) is 5.15. The molecule has 0 unspecified atom stereocenters. The van der Waals surface area contributed by atoms with Crippen LogP contribution in [0, 0.1) is 0 Å². The Morgan fingerprint density at radius 3 is 2.31 bits per heavy atom. The maximum atomic E-state index is 12.2. The van der Waals surface area contributed by atoms with Crippen molar-refractivity contribution in [1.29, 1.82) is 0 Å². The highest BCUT2D eigenvalue weighted by Crippen LogP contribution is 2.36. The highest BCUT2D eigenvalue weighted by molar-refractivity contribution is 6.02. The van der Waals surface area contributed by atoms with Crippen LogP contribution in [0.1, 0.15) is 31.4 Å². The molecule has 1 fully saturated rings. The summed E-state index contributed by atoms with van der Waals surface area (Å²) in [6.45, 7) is 1.46. The zero-order chi connectivity index (χ0) is 20.2. The first-order valence-corrected chi connectivity index (χ1v) is 9.33. The lowest BCUT2D eigenvalue weighted by Gasteiger charge is -2.05. The maximum Gasteiger partial charge on any atom is 0.248 e. The number of carbonyl (C=O) groups excluding carboxylic acids is 2. The number of anilines is 2. The molecule has 2 N–H and O–H groups in total. The van der Waals surface area contributed by atoms with Gasteiger partial charge in [0.05, 0.1) is 6.04 Å². The number of nitrogens with one attached hydrogen (secondary N) is 2. The Balaban J connectivity index is 1.36. The monoisotopic (exact) mass is 388 g/mol. The molecular formula is C21H20N6O2. The van der Waals surface area contributed by atoms with Crippen molar-refractivity contribution in [2.24, 2.45) is 0 Å². The lowest BCUT2D eigenvalue weighted by atomic mass is 10.2. The molecule has 2 aromatic carbocycles. The molecule has 8 nitrogen and oxygen atoms in total. The normalized spacial score (nSPS) is 13.4. The summed E-state index contributed by atoms with van der Waals surface area (Å²) in [5.41, 5.74) is 3.17. The van der Waals surface area contributed by atoms with Crippen LogP contribution in [-0.2, 0) is 9.59 Å². The number of amides is 2. The van der Waals surface area contributed by atoms with Gasteiger partial charge in [0.25, 0.3) is 0 Å². The topological polar surface area (TPSA) is 102 Å². The van der Waals surface area contributed by atoms with Crippen LogP contribution < -0.4 is 10.6 Å². The third kappa shape index (κ3) is 4.73. The zero-order valence-electron chi connectivity index (χ0n) is 15.9. The number of rotatable bonds is 6. The van der Waals surface area contributed by atoms with Gasteiger partial charge >= 0.3 is 0 Å². The minimum Gasteiger partial charge on any atom is -0.326 e. The number of benzene rings is 2. The average molecular weight is 388 g/mol. The van der Waals surface area contributed by atoms with Crippen molar-refractivity contribution < 1.29 is 9.59 Å². The van der Waals surface area contributed by atoms with Gasteiger partial charge in [0.15, 0.2) is 5.82 Å². The molecule has 1 aliphatic rings. The summed E-state index contributed by atoms with van der Waals surface area (Å²) in [4.78, 5) is 23.2. The first-order chi connectivity index (χ1) is 14.1. The quantitative estimate of drug-likeness (QED) is 0.631. The van der Waals surface area contributed by atoms with Crippen LogP contribution in [-0.4, -0.2) is 32.0 Å². The molecule has 1 saturated carbocycles. The van der Waals surface area contributed by atoms with Gasteiger partial charge in [0.2, 0.25) is 11.8 Å². The van der Waals surface area contributed by atoms with Crippen LogP contribution in [0.4, 0.5) is 11.4 Å². The highest BCUT2D eigenvalue weighted by atomic mass is 16.2. The predicted molar refractivity (Wildman–Crippen MR) is 110 cm³/mol. The van der Waals surface area contributed by atoms with Gasteiger partial charge in [0.1, 0.15) is 0 Å². The number of hydrogen-bond acceptors (Lipinski definition) is 5. The first-order valence-electron chi connectivity index (χ1n) is 9.33. The molecule has 8 heteroatoms. The molecule has 0 aliphatic heterocycles. The van der Waals surface area contributed by atoms with Crippen molar-refractivity contribution in [3.8, 4) is 11.4 Å². The van der Waals surface area contributed by atoms with Crippen molar-refractivity contribution in [1.82, 2.24) is 20.2 Å². The molecule has 0 radical (unpaired) electrons. The second-order valence-electron chi connectivity index (χ2n) is 6.88. The Morgan fingerprint density at radius 1 is 1.00 bits per heavy atom. The molecule has 146 valence electrons. The van der Waals surface area contributed by atoms with E-state index in [2.05, 4.69) is 26.2 Å². The van der Waals surface area contributed by atoms with Crippen molar-refractivity contribution in [3.05, 3.63) is 60.2 Å². The number of carbonyl (C=O) groups is 2. The number of nitrogens with zero attached hydrogens (tertiary/aromatic N) is 4. The van der Waals surface area contributed by atoms with Crippen LogP contribution in [0.2, 0.25) is 0 Å². The van der Waals surface area contributed by atoms with E-state index in [1.165, 1.54) is 13.0 Å². The Labute approximate surface area is 167 Å². The second-order valence-corrected chi connectivity index (χ2v) is 6.88. The summed E-state index contributed by atoms with van der Waals surface area (Å²) in [5, 5.41) is 17.5. The van der Waals surface area contributed by atoms with Crippen molar-refractivity contribution in [3.63, 3.8) is 0 Å². The van der Waals surface area contributed by atoms with Crippen LogP contribution in [0.25, 0.3) is 17.5 Å². The molecule has 0 bridgehead atoms. The van der Waals surface area contributed by atoms with E-state index < -0.39 is 0 Å². The smallest absolute Gasteiger partial charge is 0.248 e. The van der Waals surface area contributed by atoms with E-state index in [1.807, 2.05) is 41.1 Å². The van der Waals surface area contributed by atoms with Crippen LogP contribution in [0.3, 0.4) is 0 Å². The molecule has 2 amide bonds. The molecular weight excluding hydrogens is 368 g/mol. The average Bonchev–Trinajstić information content (AvgIpc) is 3.44. The van der Waals surface area contributed by atoms with E-state index >= 15 is 0 Å². The fourth-order valence-electron chi connectivity index (χ4n) is 2.89. The standard InChI is InChI=1S/C21H20N6O2/c1-14(28)22-17-7-2-15(3-8-17)4-13-20(29)23-18-9-5-16(6-10-18)21-24-25-26-27(21)19-11-12-19/h2-10,13,19H,11-12H2,1H3,(H,22,28)(H,23,29). The van der Waals surface area contributed by atoms with E-state index in [-0.39, 0.29) is 11.8 Å². The third-order valence-electron chi connectivity index (χ3n) is 4.45. The predicted octanol–water partition coefficient (Wildman–Crippen LogP) is 3.29. The van der Waals surface area contributed by atoms with E-state index in [0.717, 1.165) is 29.8 Å². The summed E-state index contributed by atoms with van der Waals surface area (Å²) < 4.78 is 1.85. The van der Waals surface area contributed by atoms with Crippen LogP contribution in [0.15, 0.2) is 54.6 Å². The summed E-state index contributed by atoms with van der Waals surface area (Å²) in [5.74, 6) is 0.391. The minimum atomic E-state index is -0.230. The minimum absolute atomic E-state index is 0.122. The Hall–Kier alpha value is -3.81. The second kappa shape index (κ2) is 8.05. The maximum absolute atomic E-state index is 12.2. The lowest BCUT2D eigenvalue weighted by molar-refractivity contribution is -0.114. The van der Waals surface area contributed by atoms with Gasteiger partial charge in [-0.25, -0.2) is 4.68 Å². The number of hydrogen-bond donors (Lipinski definition) is 2. The van der Waals surface area contributed by atoms with Gasteiger partial charge in [-0.05, 0) is 71.3 Å². The molecule has 3 aromatic rings. The van der Waals surface area contributed by atoms with Crippen LogP contribution >= 0.6 is 0 Å².